The molecule has 0 amide bonds. The normalized spacial score (nSPS) is 15.3. The molecule has 0 aliphatic carbocycles. The number of carbonyl (C=O) groups is 1. The van der Waals surface area contributed by atoms with E-state index in [1.165, 1.54) is 13.0 Å². The highest BCUT2D eigenvalue weighted by Crippen LogP contribution is 2.24. The zero-order valence-electron chi connectivity index (χ0n) is 11.8. The van der Waals surface area contributed by atoms with Crippen molar-refractivity contribution in [2.75, 3.05) is 36.0 Å². The first kappa shape index (κ1) is 14.0. The van der Waals surface area contributed by atoms with E-state index in [0.29, 0.717) is 11.3 Å². The summed E-state index contributed by atoms with van der Waals surface area (Å²) in [6.07, 6.45) is 1.80. The molecule has 1 saturated heterocycles. The van der Waals surface area contributed by atoms with Gasteiger partial charge in [0, 0.05) is 43.3 Å². The molecule has 21 heavy (non-hydrogen) atoms. The third kappa shape index (κ3) is 2.90. The Kier molecular flexibility index (Phi) is 3.88. The number of benzene rings is 1. The van der Waals surface area contributed by atoms with E-state index in [9.17, 15) is 9.18 Å². The van der Waals surface area contributed by atoms with Gasteiger partial charge in [0.2, 0.25) is 0 Å². The second-order valence-corrected chi connectivity index (χ2v) is 5.88. The molecule has 2 heterocycles. The van der Waals surface area contributed by atoms with E-state index in [0.717, 1.165) is 31.3 Å². The SMILES string of the molecule is CC(=O)c1ccc(N2CCN(c3nccs3)CC2)c(F)c1. The summed E-state index contributed by atoms with van der Waals surface area (Å²) in [6.45, 7) is 4.58. The lowest BCUT2D eigenvalue weighted by atomic mass is 10.1. The van der Waals surface area contributed by atoms with Crippen LogP contribution in [0.1, 0.15) is 17.3 Å². The van der Waals surface area contributed by atoms with Gasteiger partial charge in [-0.2, -0.15) is 0 Å². The van der Waals surface area contributed by atoms with Crippen molar-refractivity contribution in [1.82, 2.24) is 4.98 Å². The Hall–Kier alpha value is -1.95. The maximum atomic E-state index is 14.1. The number of ketones is 1. The van der Waals surface area contributed by atoms with Crippen LogP contribution in [0.4, 0.5) is 15.2 Å². The van der Waals surface area contributed by atoms with Crippen LogP contribution in [0.15, 0.2) is 29.8 Å². The van der Waals surface area contributed by atoms with Gasteiger partial charge in [0.15, 0.2) is 10.9 Å². The predicted octanol–water partition coefficient (Wildman–Crippen LogP) is 2.81. The van der Waals surface area contributed by atoms with Crippen molar-refractivity contribution >= 4 is 27.9 Å². The third-order valence-corrected chi connectivity index (χ3v) is 4.50. The fourth-order valence-corrected chi connectivity index (χ4v) is 3.19. The number of anilines is 2. The summed E-state index contributed by atoms with van der Waals surface area (Å²) >= 11 is 1.62. The molecule has 2 aromatic rings. The molecule has 0 bridgehead atoms. The lowest BCUT2D eigenvalue weighted by molar-refractivity contribution is 0.101. The number of rotatable bonds is 3. The average molecular weight is 305 g/mol. The van der Waals surface area contributed by atoms with Crippen molar-refractivity contribution in [3.05, 3.63) is 41.2 Å². The first-order valence-corrected chi connectivity index (χ1v) is 7.73. The van der Waals surface area contributed by atoms with Gasteiger partial charge in [0.05, 0.1) is 5.69 Å². The van der Waals surface area contributed by atoms with Gasteiger partial charge in [-0.15, -0.1) is 11.3 Å². The molecule has 1 aliphatic rings. The quantitative estimate of drug-likeness (QED) is 0.817. The fraction of sp³-hybridized carbons (Fsp3) is 0.333. The molecule has 0 unspecified atom stereocenters. The highest BCUT2D eigenvalue weighted by Gasteiger charge is 2.21. The fourth-order valence-electron chi connectivity index (χ4n) is 2.49. The highest BCUT2D eigenvalue weighted by molar-refractivity contribution is 7.13. The minimum Gasteiger partial charge on any atom is -0.366 e. The summed E-state index contributed by atoms with van der Waals surface area (Å²) in [6, 6.07) is 4.71. The summed E-state index contributed by atoms with van der Waals surface area (Å²) in [7, 11) is 0. The third-order valence-electron chi connectivity index (χ3n) is 3.66. The van der Waals surface area contributed by atoms with Crippen molar-refractivity contribution < 1.29 is 9.18 Å². The molecule has 110 valence electrons. The summed E-state index contributed by atoms with van der Waals surface area (Å²) in [5.74, 6) is -0.445. The number of hydrogen-bond donors (Lipinski definition) is 0. The Bertz CT molecular complexity index is 636. The van der Waals surface area contributed by atoms with E-state index in [4.69, 9.17) is 0 Å². The van der Waals surface area contributed by atoms with Crippen molar-refractivity contribution in [1.29, 1.82) is 0 Å². The number of aromatic nitrogens is 1. The van der Waals surface area contributed by atoms with Crippen LogP contribution in [0.5, 0.6) is 0 Å². The van der Waals surface area contributed by atoms with Gasteiger partial charge in [0.25, 0.3) is 0 Å². The molecule has 6 heteroatoms. The van der Waals surface area contributed by atoms with Gasteiger partial charge >= 0.3 is 0 Å². The first-order chi connectivity index (χ1) is 10.1. The molecule has 1 fully saturated rings. The molecule has 0 saturated carbocycles. The number of halogens is 1. The lowest BCUT2D eigenvalue weighted by Crippen LogP contribution is -2.46. The molecule has 3 rings (SSSR count). The van der Waals surface area contributed by atoms with Crippen LogP contribution in [0.25, 0.3) is 0 Å². The van der Waals surface area contributed by atoms with Crippen LogP contribution in [-0.4, -0.2) is 36.9 Å². The summed E-state index contributed by atoms with van der Waals surface area (Å²) in [5, 5.41) is 2.98. The Morgan fingerprint density at radius 3 is 2.52 bits per heavy atom. The molecule has 1 aromatic heterocycles. The minimum atomic E-state index is -0.328. The highest BCUT2D eigenvalue weighted by atomic mass is 32.1. The van der Waals surface area contributed by atoms with Crippen molar-refractivity contribution in [2.24, 2.45) is 0 Å². The van der Waals surface area contributed by atoms with Crippen molar-refractivity contribution in [3.63, 3.8) is 0 Å². The molecular weight excluding hydrogens is 289 g/mol. The standard InChI is InChI=1S/C15H16FN3OS/c1-11(20)12-2-3-14(13(16)10-12)18-5-7-19(8-6-18)15-17-4-9-21-15/h2-4,9-10H,5-8H2,1H3. The number of piperazine rings is 1. The van der Waals surface area contributed by atoms with Gasteiger partial charge in [-0.1, -0.05) is 0 Å². The Balaban J connectivity index is 1.71. The molecule has 0 radical (unpaired) electrons. The number of hydrogen-bond acceptors (Lipinski definition) is 5. The molecule has 0 spiro atoms. The van der Waals surface area contributed by atoms with E-state index >= 15 is 0 Å². The van der Waals surface area contributed by atoms with Gasteiger partial charge in [-0.3, -0.25) is 4.79 Å². The number of nitrogens with zero attached hydrogens (tertiary/aromatic N) is 3. The van der Waals surface area contributed by atoms with E-state index in [2.05, 4.69) is 9.88 Å². The first-order valence-electron chi connectivity index (χ1n) is 6.85. The van der Waals surface area contributed by atoms with Gasteiger partial charge in [-0.05, 0) is 25.1 Å². The van der Waals surface area contributed by atoms with Gasteiger partial charge in [0.1, 0.15) is 5.82 Å². The second-order valence-electron chi connectivity index (χ2n) is 5.01. The van der Waals surface area contributed by atoms with E-state index in [1.807, 2.05) is 10.3 Å². The molecular formula is C15H16FN3OS. The smallest absolute Gasteiger partial charge is 0.185 e. The molecule has 0 N–H and O–H groups in total. The topological polar surface area (TPSA) is 36.4 Å². The molecule has 1 aliphatic heterocycles. The summed E-state index contributed by atoms with van der Waals surface area (Å²) in [5.41, 5.74) is 0.983. The summed E-state index contributed by atoms with van der Waals surface area (Å²) < 4.78 is 14.1. The predicted molar refractivity (Wildman–Crippen MR) is 82.9 cm³/mol. The van der Waals surface area contributed by atoms with Crippen LogP contribution in [-0.2, 0) is 0 Å². The largest absolute Gasteiger partial charge is 0.366 e. The zero-order valence-corrected chi connectivity index (χ0v) is 12.6. The van der Waals surface area contributed by atoms with Gasteiger partial charge in [-0.25, -0.2) is 9.37 Å². The Morgan fingerprint density at radius 1 is 1.24 bits per heavy atom. The second kappa shape index (κ2) is 5.81. The maximum Gasteiger partial charge on any atom is 0.185 e. The van der Waals surface area contributed by atoms with Crippen LogP contribution < -0.4 is 9.80 Å². The van der Waals surface area contributed by atoms with Gasteiger partial charge < -0.3 is 9.80 Å². The van der Waals surface area contributed by atoms with Crippen molar-refractivity contribution in [3.8, 4) is 0 Å². The zero-order chi connectivity index (χ0) is 14.8. The molecule has 1 aromatic carbocycles. The van der Waals surface area contributed by atoms with Crippen LogP contribution in [0.2, 0.25) is 0 Å². The average Bonchev–Trinajstić information content (AvgIpc) is 3.01. The Morgan fingerprint density at radius 2 is 1.95 bits per heavy atom. The summed E-state index contributed by atoms with van der Waals surface area (Å²) in [4.78, 5) is 19.8. The van der Waals surface area contributed by atoms with E-state index in [1.54, 1.807) is 29.7 Å². The number of thiazole rings is 1. The maximum absolute atomic E-state index is 14.1. The molecule has 4 nitrogen and oxygen atoms in total. The monoisotopic (exact) mass is 305 g/mol. The van der Waals surface area contributed by atoms with E-state index < -0.39 is 0 Å². The van der Waals surface area contributed by atoms with Crippen LogP contribution >= 0.6 is 11.3 Å². The van der Waals surface area contributed by atoms with Crippen LogP contribution in [0.3, 0.4) is 0 Å². The minimum absolute atomic E-state index is 0.117. The molecule has 0 atom stereocenters. The lowest BCUT2D eigenvalue weighted by Gasteiger charge is -2.36. The number of carbonyl (C=O) groups excluding carboxylic acids is 1. The van der Waals surface area contributed by atoms with Crippen LogP contribution in [0, 0.1) is 5.82 Å². The number of Topliss-reactive ketones (excluding diaryl/α,β-unsaturated/α-hetero) is 1. The Labute approximate surface area is 126 Å². The van der Waals surface area contributed by atoms with E-state index in [-0.39, 0.29) is 11.6 Å². The van der Waals surface area contributed by atoms with Crippen molar-refractivity contribution in [2.45, 2.75) is 6.92 Å².